The first-order valence-corrected chi connectivity index (χ1v) is 8.34. The molecule has 3 aromatic rings. The van der Waals surface area contributed by atoms with Crippen LogP contribution in [0.4, 0.5) is 25.4 Å². The normalized spacial score (nSPS) is 10.9. The molecule has 1 amide bonds. The van der Waals surface area contributed by atoms with Crippen molar-refractivity contribution >= 4 is 40.1 Å². The molecule has 0 saturated carbocycles. The molecule has 0 radical (unpaired) electrons. The van der Waals surface area contributed by atoms with Crippen molar-refractivity contribution in [2.45, 2.75) is 6.92 Å². The lowest BCUT2D eigenvalue weighted by Gasteiger charge is -2.18. The van der Waals surface area contributed by atoms with E-state index in [-0.39, 0.29) is 10.8 Å². The molecule has 2 aromatic heterocycles. The van der Waals surface area contributed by atoms with Crippen LogP contribution in [0.25, 0.3) is 0 Å². The van der Waals surface area contributed by atoms with Crippen LogP contribution in [0.3, 0.4) is 0 Å². The summed E-state index contributed by atoms with van der Waals surface area (Å²) in [5.41, 5.74) is 3.15. The largest absolute Gasteiger partial charge is 0.274 e. The van der Waals surface area contributed by atoms with E-state index in [9.17, 15) is 13.6 Å². The number of carbonyl (C=O) groups excluding carboxylic acids is 1. The van der Waals surface area contributed by atoms with Gasteiger partial charge in [-0.25, -0.2) is 18.7 Å². The molecule has 1 N–H and O–H groups in total. The number of hydrogen-bond donors (Lipinski definition) is 1. The Morgan fingerprint density at radius 1 is 1.31 bits per heavy atom. The van der Waals surface area contributed by atoms with Crippen LogP contribution in [0.5, 0.6) is 0 Å². The second-order valence-electron chi connectivity index (χ2n) is 5.09. The summed E-state index contributed by atoms with van der Waals surface area (Å²) in [6, 6.07) is 8.35. The Labute approximate surface area is 151 Å². The number of anilines is 3. The van der Waals surface area contributed by atoms with E-state index in [4.69, 9.17) is 0 Å². The molecular weight excluding hydrogens is 360 g/mol. The van der Waals surface area contributed by atoms with Crippen molar-refractivity contribution in [2.75, 3.05) is 10.3 Å². The van der Waals surface area contributed by atoms with Gasteiger partial charge in [0.2, 0.25) is 5.91 Å². The Bertz CT molecular complexity index is 945. The third-order valence-corrected chi connectivity index (χ3v) is 4.05. The SMILES string of the molecule is CC(=O)N(c1nc(/C=N\Nc2ccccn2)cs1)c1ccc(F)cc1F. The highest BCUT2D eigenvalue weighted by atomic mass is 32.1. The summed E-state index contributed by atoms with van der Waals surface area (Å²) in [7, 11) is 0. The Morgan fingerprint density at radius 2 is 2.15 bits per heavy atom. The van der Waals surface area contributed by atoms with Crippen molar-refractivity contribution < 1.29 is 13.6 Å². The molecule has 0 bridgehead atoms. The number of amides is 1. The van der Waals surface area contributed by atoms with Crippen LogP contribution >= 0.6 is 11.3 Å². The van der Waals surface area contributed by atoms with Crippen LogP contribution in [0, 0.1) is 11.6 Å². The third-order valence-electron chi connectivity index (χ3n) is 3.21. The average molecular weight is 373 g/mol. The summed E-state index contributed by atoms with van der Waals surface area (Å²) < 4.78 is 27.2. The van der Waals surface area contributed by atoms with Gasteiger partial charge in [-0.2, -0.15) is 5.10 Å². The highest BCUT2D eigenvalue weighted by Crippen LogP contribution is 2.30. The zero-order chi connectivity index (χ0) is 18.5. The average Bonchev–Trinajstić information content (AvgIpc) is 3.06. The fourth-order valence-electron chi connectivity index (χ4n) is 2.10. The molecule has 1 aromatic carbocycles. The van der Waals surface area contributed by atoms with E-state index in [2.05, 4.69) is 20.5 Å². The van der Waals surface area contributed by atoms with Crippen molar-refractivity contribution in [3.63, 3.8) is 0 Å². The van der Waals surface area contributed by atoms with Crippen LogP contribution in [-0.2, 0) is 4.79 Å². The summed E-state index contributed by atoms with van der Waals surface area (Å²) in [4.78, 5) is 21.4. The van der Waals surface area contributed by atoms with Gasteiger partial charge in [0.25, 0.3) is 0 Å². The van der Waals surface area contributed by atoms with Gasteiger partial charge in [0.1, 0.15) is 17.5 Å². The van der Waals surface area contributed by atoms with Gasteiger partial charge in [-0.1, -0.05) is 6.07 Å². The minimum atomic E-state index is -0.845. The van der Waals surface area contributed by atoms with Crippen LogP contribution in [0.1, 0.15) is 12.6 Å². The summed E-state index contributed by atoms with van der Waals surface area (Å²) in [5.74, 6) is -1.44. The van der Waals surface area contributed by atoms with Gasteiger partial charge in [-0.15, -0.1) is 11.3 Å². The molecule has 0 aliphatic rings. The summed E-state index contributed by atoms with van der Waals surface area (Å²) in [6.45, 7) is 1.28. The molecule has 2 heterocycles. The van der Waals surface area contributed by atoms with Crippen LogP contribution < -0.4 is 10.3 Å². The second kappa shape index (κ2) is 7.79. The minimum Gasteiger partial charge on any atom is -0.274 e. The van der Waals surface area contributed by atoms with Gasteiger partial charge < -0.3 is 0 Å². The van der Waals surface area contributed by atoms with Crippen LogP contribution in [-0.4, -0.2) is 22.1 Å². The Morgan fingerprint density at radius 3 is 2.85 bits per heavy atom. The zero-order valence-electron chi connectivity index (χ0n) is 13.6. The van der Waals surface area contributed by atoms with Gasteiger partial charge in [-0.05, 0) is 24.3 Å². The molecular formula is C17H13F2N5OS. The number of nitrogens with one attached hydrogen (secondary N) is 1. The highest BCUT2D eigenvalue weighted by molar-refractivity contribution is 7.14. The second-order valence-corrected chi connectivity index (χ2v) is 5.93. The molecule has 0 saturated heterocycles. The number of carbonyl (C=O) groups is 1. The number of pyridine rings is 1. The van der Waals surface area contributed by atoms with E-state index in [1.807, 2.05) is 6.07 Å². The topological polar surface area (TPSA) is 70.5 Å². The number of hydrogen-bond acceptors (Lipinski definition) is 6. The number of halogens is 2. The van der Waals surface area contributed by atoms with Gasteiger partial charge in [0.15, 0.2) is 5.13 Å². The molecule has 0 aliphatic heterocycles. The summed E-state index contributed by atoms with van der Waals surface area (Å²) in [5, 5.41) is 5.93. The summed E-state index contributed by atoms with van der Waals surface area (Å²) in [6.07, 6.45) is 3.08. The van der Waals surface area contributed by atoms with Gasteiger partial charge in [-0.3, -0.25) is 15.1 Å². The van der Waals surface area contributed by atoms with E-state index >= 15 is 0 Å². The lowest BCUT2D eigenvalue weighted by Crippen LogP contribution is -2.23. The maximum atomic E-state index is 14.0. The van der Waals surface area contributed by atoms with Crippen LogP contribution in [0.2, 0.25) is 0 Å². The maximum absolute atomic E-state index is 14.0. The third kappa shape index (κ3) is 4.06. The first-order valence-electron chi connectivity index (χ1n) is 7.46. The lowest BCUT2D eigenvalue weighted by molar-refractivity contribution is -0.115. The molecule has 9 heteroatoms. The Balaban J connectivity index is 1.80. The first-order chi connectivity index (χ1) is 12.5. The number of benzene rings is 1. The van der Waals surface area contributed by atoms with Crippen LogP contribution in [0.15, 0.2) is 53.1 Å². The molecule has 0 unspecified atom stereocenters. The van der Waals surface area contributed by atoms with E-state index < -0.39 is 17.5 Å². The molecule has 3 rings (SSSR count). The smallest absolute Gasteiger partial charge is 0.230 e. The van der Waals surface area contributed by atoms with Gasteiger partial charge >= 0.3 is 0 Å². The number of rotatable bonds is 5. The Kier molecular flexibility index (Phi) is 5.28. The van der Waals surface area contributed by atoms with Gasteiger partial charge in [0.05, 0.1) is 17.6 Å². The highest BCUT2D eigenvalue weighted by Gasteiger charge is 2.21. The predicted molar refractivity (Wildman–Crippen MR) is 96.7 cm³/mol. The van der Waals surface area contributed by atoms with Crippen molar-refractivity contribution in [2.24, 2.45) is 5.10 Å². The monoisotopic (exact) mass is 373 g/mol. The van der Waals surface area contributed by atoms with Gasteiger partial charge in [0, 0.05) is 24.6 Å². The standard InChI is InChI=1S/C17H13F2N5OS/c1-11(25)24(15-6-5-12(18)8-14(15)19)17-22-13(10-26-17)9-21-23-16-4-2-3-7-20-16/h2-10H,1H3,(H,20,23)/b21-9-. The minimum absolute atomic E-state index is 0.0663. The van der Waals surface area contributed by atoms with E-state index in [0.29, 0.717) is 11.5 Å². The molecule has 0 atom stereocenters. The number of hydrazone groups is 1. The molecule has 26 heavy (non-hydrogen) atoms. The van der Waals surface area contributed by atoms with E-state index in [1.54, 1.807) is 23.7 Å². The molecule has 6 nitrogen and oxygen atoms in total. The van der Waals surface area contributed by atoms with Crippen molar-refractivity contribution in [1.29, 1.82) is 0 Å². The van der Waals surface area contributed by atoms with E-state index in [0.717, 1.165) is 28.4 Å². The quantitative estimate of drug-likeness (QED) is 0.543. The number of aromatic nitrogens is 2. The molecule has 0 spiro atoms. The molecule has 0 fully saturated rings. The zero-order valence-corrected chi connectivity index (χ0v) is 14.4. The molecule has 132 valence electrons. The predicted octanol–water partition coefficient (Wildman–Crippen LogP) is 3.95. The number of nitrogens with zero attached hydrogens (tertiary/aromatic N) is 4. The maximum Gasteiger partial charge on any atom is 0.230 e. The van der Waals surface area contributed by atoms with Crippen molar-refractivity contribution in [3.8, 4) is 0 Å². The molecule has 0 aliphatic carbocycles. The van der Waals surface area contributed by atoms with Crippen molar-refractivity contribution in [1.82, 2.24) is 9.97 Å². The summed E-state index contributed by atoms with van der Waals surface area (Å²) >= 11 is 1.14. The first kappa shape index (κ1) is 17.6. The lowest BCUT2D eigenvalue weighted by atomic mass is 10.2. The number of thiazole rings is 1. The van der Waals surface area contributed by atoms with Crippen molar-refractivity contribution in [3.05, 3.63) is 65.3 Å². The Hall–Kier alpha value is -3.20. The fraction of sp³-hybridized carbons (Fsp3) is 0.0588. The fourth-order valence-corrected chi connectivity index (χ4v) is 2.93. The van der Waals surface area contributed by atoms with E-state index in [1.165, 1.54) is 19.2 Å².